The van der Waals surface area contributed by atoms with E-state index in [1.54, 1.807) is 53.2 Å². The van der Waals surface area contributed by atoms with Crippen molar-refractivity contribution in [2.24, 2.45) is 41.4 Å². The van der Waals surface area contributed by atoms with Crippen LogP contribution < -0.4 is 10.1 Å². The quantitative estimate of drug-likeness (QED) is 0.0120. The average Bonchev–Trinajstić information content (AvgIpc) is 1.67. The number of aliphatic carboxylic acids is 1. The highest BCUT2D eigenvalue weighted by Gasteiger charge is 2.44. The van der Waals surface area contributed by atoms with Gasteiger partial charge in [0.05, 0.1) is 149 Å². The van der Waals surface area contributed by atoms with Gasteiger partial charge in [-0.25, -0.2) is 18.0 Å². The summed E-state index contributed by atoms with van der Waals surface area (Å²) in [6, 6.07) is 21.5. The van der Waals surface area contributed by atoms with Gasteiger partial charge in [-0.2, -0.15) is 4.31 Å². The van der Waals surface area contributed by atoms with E-state index in [0.29, 0.717) is 183 Å². The smallest absolute Gasteiger partial charge is 0.373 e. The number of aliphatic hydroxyl groups is 4. The minimum absolute atomic E-state index is 0.00373. The fourth-order valence-corrected chi connectivity index (χ4v) is 16.9. The van der Waals surface area contributed by atoms with Crippen LogP contribution in [-0.4, -0.2) is 321 Å². The number of hydrogen-bond acceptors (Lipinski definition) is 31. The Kier molecular flexibility index (Phi) is 51.9. The fraction of sp³-hybridized carbons (Fsp3) is 0.615. The van der Waals surface area contributed by atoms with Gasteiger partial charge in [0.1, 0.15) is 17.9 Å². The van der Waals surface area contributed by atoms with E-state index in [1.165, 1.54) is 32.2 Å². The van der Waals surface area contributed by atoms with Gasteiger partial charge < -0.3 is 130 Å². The van der Waals surface area contributed by atoms with E-state index in [9.17, 15) is 47.7 Å². The van der Waals surface area contributed by atoms with Crippen molar-refractivity contribution in [3.63, 3.8) is 0 Å². The van der Waals surface area contributed by atoms with Crippen LogP contribution in [-0.2, 0) is 114 Å². The number of ether oxygens (including phenoxy) is 19. The Morgan fingerprint density at radius 2 is 1.12 bits per heavy atom. The Labute approximate surface area is 780 Å². The van der Waals surface area contributed by atoms with E-state index in [4.69, 9.17) is 105 Å². The lowest BCUT2D eigenvalue weighted by atomic mass is 9.79. The summed E-state index contributed by atoms with van der Waals surface area (Å²) in [5, 5.41) is 50.2. The molecule has 37 heteroatoms. The number of carboxylic acid groups (broad SMARTS) is 1. The van der Waals surface area contributed by atoms with E-state index in [1.807, 2.05) is 81.6 Å². The zero-order chi connectivity index (χ0) is 96.3. The first-order valence-electron chi connectivity index (χ1n) is 45.8. The van der Waals surface area contributed by atoms with Crippen LogP contribution in [0.5, 0.6) is 5.75 Å². The molecule has 0 saturated carbocycles. The molecular weight excluding hydrogens is 1750 g/mol. The molecule has 3 aromatic carbocycles. The van der Waals surface area contributed by atoms with Gasteiger partial charge in [0, 0.05) is 145 Å². The Morgan fingerprint density at radius 3 is 1.68 bits per heavy atom. The Morgan fingerprint density at radius 1 is 0.571 bits per heavy atom. The number of carboxylic acids is 1. The van der Waals surface area contributed by atoms with Gasteiger partial charge >= 0.3 is 11.9 Å². The molecule has 2 amide bonds. The second kappa shape index (κ2) is 62.1. The molecular formula is C96H142N4O32S. The lowest BCUT2D eigenvalue weighted by Crippen LogP contribution is -2.43. The molecule has 36 nitrogen and oxygen atoms in total. The number of para-hydroxylation sites is 2. The molecule has 0 spiro atoms. The summed E-state index contributed by atoms with van der Waals surface area (Å²) in [4.78, 5) is 64.3. The van der Waals surface area contributed by atoms with E-state index in [0.717, 1.165) is 37.3 Å². The van der Waals surface area contributed by atoms with Gasteiger partial charge in [0.15, 0.2) is 11.5 Å². The first-order chi connectivity index (χ1) is 64.5. The van der Waals surface area contributed by atoms with Gasteiger partial charge in [-0.3, -0.25) is 19.0 Å². The molecule has 0 aliphatic carbocycles. The molecule has 10 rings (SSSR count). The molecule has 744 valence electrons. The first kappa shape index (κ1) is 111. The largest absolute Gasteiger partial charge is 0.497 e. The standard InChI is InChI=1S/C32H47NO11.C24H29NO6.C23H36N2O8S.C17H30O7/c1-2-42-32-26(7-11-36-15-18-39-14-10-34)27(28-24-43-29-6-4-3-5-25(28)29)23-30(44-32)31(35)33-8-12-37-16-19-40-21-22-41-20-17-38-13-9-33;1-4-13-30-23(28)22-14-19(18(10-8-12-26)24(31-22)29-5-2)20-15-25(16(3)27)21-11-7-6-9-17(20)21;1-17(2)18-15-21(23(27)24-9-13-30-3)33-22(16-18)32-14-11-25(10-12-26)34(28,29)20-7-5-19(31-4)6-8-20;1-4-23-17-13(5-7-21-9-10-22-8-6-18)14(12(2)3)11-15(24-17)16(19)20/h3-6,23-24,26-27,32,34H,2,7-22H2,1H3;4,6-7,9,11,14-15,18-19,24,26H,1,5,8,10,12-13H2,2-3H3;5-8,15,17-18,22,26H,9-14,16H2,1-4H3,(H,24,27);11-14,17-18H,4-10H2,1-3H3,(H,19,20)/t26?,27-,32?;18?,19-,24?;18-,22?;13?,14-,17?/m1110/s1. The number of esters is 1. The molecule has 1 fully saturated rings. The summed E-state index contributed by atoms with van der Waals surface area (Å²) in [5.41, 5.74) is 3.43. The number of aliphatic hydroxyl groups excluding tert-OH is 4. The predicted molar refractivity (Wildman–Crippen MR) is 490 cm³/mol. The van der Waals surface area contributed by atoms with Crippen molar-refractivity contribution in [3.8, 4) is 5.75 Å². The maximum atomic E-state index is 14.0. The number of benzene rings is 3. The lowest BCUT2D eigenvalue weighted by Gasteiger charge is -2.38. The van der Waals surface area contributed by atoms with Crippen LogP contribution in [0.25, 0.3) is 21.9 Å². The van der Waals surface area contributed by atoms with Crippen LogP contribution in [0.3, 0.4) is 0 Å². The second-order valence-corrected chi connectivity index (χ2v) is 33.8. The third kappa shape index (κ3) is 36.0. The zero-order valence-electron chi connectivity index (χ0n) is 78.6. The van der Waals surface area contributed by atoms with Crippen LogP contribution in [0.4, 0.5) is 0 Å². The number of nitrogens with one attached hydrogen (secondary N) is 1. The highest BCUT2D eigenvalue weighted by Crippen LogP contribution is 2.45. The van der Waals surface area contributed by atoms with Gasteiger partial charge in [-0.1, -0.05) is 76.7 Å². The van der Waals surface area contributed by atoms with Crippen LogP contribution in [0, 0.1) is 41.4 Å². The number of carbonyl (C=O) groups excluding carboxylic acids is 4. The van der Waals surface area contributed by atoms with Crippen molar-refractivity contribution < 1.29 is 152 Å². The number of amides is 2. The number of aromatic nitrogens is 1. The summed E-state index contributed by atoms with van der Waals surface area (Å²) in [7, 11) is -0.791. The maximum absolute atomic E-state index is 14.0. The molecule has 11 atom stereocenters. The van der Waals surface area contributed by atoms with E-state index >= 15 is 0 Å². The number of hydrogen-bond donors (Lipinski definition) is 6. The number of allylic oxidation sites excluding steroid dienone is 4. The molecule has 1 saturated heterocycles. The van der Waals surface area contributed by atoms with Gasteiger partial charge in [0.25, 0.3) is 11.8 Å². The number of methoxy groups -OCH3 is 2. The van der Waals surface area contributed by atoms with Crippen molar-refractivity contribution in [2.75, 3.05) is 219 Å². The SMILES string of the molecule is C=CCOC(=O)C1=C[C@@H](c2cn(C(C)=O)c3ccccc23)C(CCCO)C(OCC)O1.CCOC1OC(C(=O)N2CCOCCOCCOCCOCC2)=C[C@@H](c2coc3ccccc23)C1CCOCCOCCO.CCOC1OC(C(=O)O)=C[C@@H](C(C)C)C1CCOCCOCCO.COCCNC(=O)C1=C[C@@H](C(C)C)CC(OCCN(CCO)S(=O)(=O)c2ccc(OC)cc2)O1. The predicted octanol–water partition coefficient (Wildman–Crippen LogP) is 9.52. The molecule has 5 aromatic rings. The second-order valence-electron chi connectivity index (χ2n) is 31.9. The van der Waals surface area contributed by atoms with Crippen LogP contribution in [0.1, 0.15) is 115 Å². The number of rotatable bonds is 47. The van der Waals surface area contributed by atoms with Crippen molar-refractivity contribution in [3.05, 3.63) is 156 Å². The fourth-order valence-electron chi connectivity index (χ4n) is 15.5. The summed E-state index contributed by atoms with van der Waals surface area (Å²) >= 11 is 0. The monoisotopic (exact) mass is 1890 g/mol. The number of fused-ring (bicyclic) bond motifs is 2. The topological polar surface area (TPSA) is 433 Å². The molecule has 5 aliphatic heterocycles. The van der Waals surface area contributed by atoms with E-state index < -0.39 is 47.1 Å². The normalized spacial score (nSPS) is 21.5. The lowest BCUT2D eigenvalue weighted by molar-refractivity contribution is -0.182. The van der Waals surface area contributed by atoms with Gasteiger partial charge in [-0.05, 0) is 136 Å². The van der Waals surface area contributed by atoms with Crippen LogP contribution in [0.15, 0.2) is 155 Å². The van der Waals surface area contributed by atoms with Crippen molar-refractivity contribution in [1.82, 2.24) is 19.1 Å². The molecule has 5 aliphatic rings. The summed E-state index contributed by atoms with van der Waals surface area (Å²) in [6.45, 7) is 28.1. The highest BCUT2D eigenvalue weighted by molar-refractivity contribution is 7.89. The maximum Gasteiger partial charge on any atom is 0.373 e. The average molecular weight is 1900 g/mol. The van der Waals surface area contributed by atoms with Crippen LogP contribution >= 0.6 is 0 Å². The molecule has 0 radical (unpaired) electrons. The Balaban J connectivity index is 0.000000248. The van der Waals surface area contributed by atoms with Crippen LogP contribution in [0.2, 0.25) is 0 Å². The molecule has 7 unspecified atom stereocenters. The molecule has 133 heavy (non-hydrogen) atoms. The molecule has 6 N–H and O–H groups in total. The molecule has 2 aromatic heterocycles. The van der Waals surface area contributed by atoms with Crippen molar-refractivity contribution >= 4 is 61.6 Å². The zero-order valence-corrected chi connectivity index (χ0v) is 79.5. The summed E-state index contributed by atoms with van der Waals surface area (Å²) in [6.07, 6.45) is 12.6. The minimum atomic E-state index is -3.84. The van der Waals surface area contributed by atoms with Gasteiger partial charge in [-0.15, -0.1) is 0 Å². The number of nitrogens with zero attached hydrogens (tertiary/aromatic N) is 3. The molecule has 7 heterocycles. The van der Waals surface area contributed by atoms with Crippen molar-refractivity contribution in [1.29, 1.82) is 0 Å². The van der Waals surface area contributed by atoms with Gasteiger partial charge in [0.2, 0.25) is 52.6 Å². The number of carbonyl (C=O) groups is 5. The Hall–Kier alpha value is -8.78. The minimum Gasteiger partial charge on any atom is -0.497 e. The van der Waals surface area contributed by atoms with E-state index in [2.05, 4.69) is 39.6 Å². The van der Waals surface area contributed by atoms with E-state index in [-0.39, 0.29) is 158 Å². The van der Waals surface area contributed by atoms with Crippen molar-refractivity contribution in [2.45, 2.75) is 129 Å². The first-order valence-corrected chi connectivity index (χ1v) is 47.3. The summed E-state index contributed by atoms with van der Waals surface area (Å²) < 4.78 is 141. The third-order valence-electron chi connectivity index (χ3n) is 22.2. The highest BCUT2D eigenvalue weighted by atomic mass is 32.2. The Bertz CT molecular complexity index is 4460. The molecule has 0 bridgehead atoms. The number of sulfonamides is 1. The summed E-state index contributed by atoms with van der Waals surface area (Å²) in [5.74, 6) is -1.51. The number of furan rings is 1. The third-order valence-corrected chi connectivity index (χ3v) is 24.1.